The average molecular weight is 540 g/mol. The molecular formula is C25H45N7O6. The third-order valence-corrected chi connectivity index (χ3v) is 6.53. The van der Waals surface area contributed by atoms with E-state index in [0.29, 0.717) is 25.9 Å². The predicted molar refractivity (Wildman–Crippen MR) is 141 cm³/mol. The Morgan fingerprint density at radius 3 is 2.24 bits per heavy atom. The van der Waals surface area contributed by atoms with Crippen LogP contribution in [0, 0.1) is 11.8 Å². The van der Waals surface area contributed by atoms with Crippen LogP contribution in [0.4, 0.5) is 0 Å². The van der Waals surface area contributed by atoms with Crippen LogP contribution in [0.3, 0.4) is 0 Å². The quantitative estimate of drug-likeness (QED) is 0.120. The Morgan fingerprint density at radius 2 is 1.66 bits per heavy atom. The molecular weight excluding hydrogens is 494 g/mol. The third kappa shape index (κ3) is 13.4. The highest BCUT2D eigenvalue weighted by atomic mass is 16.2. The van der Waals surface area contributed by atoms with E-state index >= 15 is 0 Å². The summed E-state index contributed by atoms with van der Waals surface area (Å²) < 4.78 is 0. The molecule has 0 aromatic heterocycles. The summed E-state index contributed by atoms with van der Waals surface area (Å²) in [6, 6.07) is -2.21. The van der Waals surface area contributed by atoms with Crippen LogP contribution in [0.2, 0.25) is 0 Å². The van der Waals surface area contributed by atoms with Gasteiger partial charge in [0.25, 0.3) is 0 Å². The molecule has 4 atom stereocenters. The zero-order chi connectivity index (χ0) is 28.7. The van der Waals surface area contributed by atoms with E-state index in [9.17, 15) is 28.8 Å². The van der Waals surface area contributed by atoms with Crippen molar-refractivity contribution in [2.24, 2.45) is 23.3 Å². The monoisotopic (exact) mass is 539 g/mol. The molecule has 0 aromatic carbocycles. The average Bonchev–Trinajstić information content (AvgIpc) is 2.84. The van der Waals surface area contributed by atoms with E-state index in [2.05, 4.69) is 21.3 Å². The molecule has 1 aliphatic rings. The van der Waals surface area contributed by atoms with Crippen LogP contribution in [0.15, 0.2) is 0 Å². The first kappa shape index (κ1) is 32.8. The molecule has 0 aliphatic carbocycles. The second kappa shape index (κ2) is 17.3. The molecule has 38 heavy (non-hydrogen) atoms. The lowest BCUT2D eigenvalue weighted by atomic mass is 9.91. The van der Waals surface area contributed by atoms with E-state index in [1.807, 2.05) is 0 Å². The van der Waals surface area contributed by atoms with Crippen LogP contribution >= 0.6 is 0 Å². The number of carbonyl (C=O) groups excluding carboxylic acids is 6. The number of hydrogen-bond donors (Lipinski definition) is 6. The van der Waals surface area contributed by atoms with Crippen molar-refractivity contribution < 1.29 is 28.8 Å². The van der Waals surface area contributed by atoms with Crippen molar-refractivity contribution in [3.8, 4) is 0 Å². The van der Waals surface area contributed by atoms with E-state index in [1.54, 1.807) is 6.92 Å². The molecule has 1 saturated heterocycles. The van der Waals surface area contributed by atoms with Crippen molar-refractivity contribution in [2.75, 3.05) is 33.2 Å². The molecule has 0 spiro atoms. The number of carbonyl (C=O) groups is 6. The molecule has 6 amide bonds. The molecule has 0 bridgehead atoms. The number of hydrogen-bond acceptors (Lipinski definition) is 7. The number of amides is 6. The van der Waals surface area contributed by atoms with Gasteiger partial charge in [0.2, 0.25) is 35.4 Å². The Balaban J connectivity index is 2.81. The molecule has 0 radical (unpaired) electrons. The van der Waals surface area contributed by atoms with Crippen LogP contribution in [0.1, 0.15) is 65.2 Å². The van der Waals surface area contributed by atoms with E-state index < -0.39 is 54.0 Å². The van der Waals surface area contributed by atoms with Crippen molar-refractivity contribution in [3.63, 3.8) is 0 Å². The van der Waals surface area contributed by atoms with Crippen LogP contribution in [0.25, 0.3) is 0 Å². The zero-order valence-electron chi connectivity index (χ0n) is 22.8. The fraction of sp³-hybridized carbons (Fsp3) is 0.760. The van der Waals surface area contributed by atoms with Gasteiger partial charge in [-0.1, -0.05) is 19.8 Å². The van der Waals surface area contributed by atoms with Gasteiger partial charge in [0.05, 0.1) is 13.0 Å². The van der Waals surface area contributed by atoms with Gasteiger partial charge < -0.3 is 37.6 Å². The molecule has 8 N–H and O–H groups in total. The van der Waals surface area contributed by atoms with Crippen molar-refractivity contribution in [1.82, 2.24) is 26.2 Å². The number of likely N-dealkylation sites (N-methyl/N-ethyl adjacent to an activating group) is 1. The minimum atomic E-state index is -1.25. The Bertz CT molecular complexity index is 831. The minimum absolute atomic E-state index is 0.0876. The molecule has 1 rings (SSSR count). The smallest absolute Gasteiger partial charge is 0.245 e. The standard InChI is InChI=1S/C25H45N7O6/c1-16(8-5-4-6-11-29-17(2)33)23(36)30-19(13-21(26)34)24(37)31-20(12-18-9-7-10-28-14-18)25(38)32(3)15-22(27)35/h16,18-20,28H,4-15H2,1-3H3,(H2,26,34)(H2,27,35)(H,29,33)(H,30,36)(H,31,37)/t16-,18?,19-,20-/m0/s1. The number of rotatable bonds is 17. The first-order valence-corrected chi connectivity index (χ1v) is 13.3. The van der Waals surface area contributed by atoms with Crippen molar-refractivity contribution in [3.05, 3.63) is 0 Å². The summed E-state index contributed by atoms with van der Waals surface area (Å²) in [5.74, 6) is -3.45. The predicted octanol–water partition coefficient (Wildman–Crippen LogP) is -1.50. The highest BCUT2D eigenvalue weighted by Gasteiger charge is 2.32. The maximum atomic E-state index is 13.2. The molecule has 0 saturated carbocycles. The molecule has 1 unspecified atom stereocenters. The molecule has 1 fully saturated rings. The van der Waals surface area contributed by atoms with Crippen LogP contribution < -0.4 is 32.7 Å². The van der Waals surface area contributed by atoms with E-state index in [0.717, 1.165) is 43.5 Å². The minimum Gasteiger partial charge on any atom is -0.370 e. The first-order chi connectivity index (χ1) is 17.9. The Hall–Kier alpha value is -3.22. The largest absolute Gasteiger partial charge is 0.370 e. The maximum Gasteiger partial charge on any atom is 0.245 e. The van der Waals surface area contributed by atoms with E-state index in [1.165, 1.54) is 14.0 Å². The van der Waals surface area contributed by atoms with Crippen molar-refractivity contribution in [2.45, 2.75) is 77.3 Å². The molecule has 1 heterocycles. The first-order valence-electron chi connectivity index (χ1n) is 13.3. The molecule has 13 heteroatoms. The summed E-state index contributed by atoms with van der Waals surface area (Å²) in [5, 5.41) is 11.3. The van der Waals surface area contributed by atoms with Gasteiger partial charge in [-0.3, -0.25) is 28.8 Å². The lowest BCUT2D eigenvalue weighted by Crippen LogP contribution is -2.56. The number of unbranched alkanes of at least 4 members (excludes halogenated alkanes) is 2. The van der Waals surface area contributed by atoms with Gasteiger partial charge in [0.15, 0.2) is 0 Å². The van der Waals surface area contributed by atoms with Gasteiger partial charge >= 0.3 is 0 Å². The summed E-state index contributed by atoms with van der Waals surface area (Å²) in [5.41, 5.74) is 10.6. The highest BCUT2D eigenvalue weighted by Crippen LogP contribution is 2.18. The summed E-state index contributed by atoms with van der Waals surface area (Å²) in [6.07, 6.45) is 4.62. The summed E-state index contributed by atoms with van der Waals surface area (Å²) >= 11 is 0. The Labute approximate surface area is 224 Å². The third-order valence-electron chi connectivity index (χ3n) is 6.53. The van der Waals surface area contributed by atoms with Gasteiger partial charge in [-0.05, 0) is 51.1 Å². The molecule has 13 nitrogen and oxygen atoms in total. The fourth-order valence-electron chi connectivity index (χ4n) is 4.40. The number of nitrogens with zero attached hydrogens (tertiary/aromatic N) is 1. The normalized spacial score (nSPS) is 17.4. The van der Waals surface area contributed by atoms with E-state index in [4.69, 9.17) is 11.5 Å². The van der Waals surface area contributed by atoms with Gasteiger partial charge in [-0.25, -0.2) is 0 Å². The van der Waals surface area contributed by atoms with Crippen molar-refractivity contribution >= 4 is 35.4 Å². The van der Waals surface area contributed by atoms with Gasteiger partial charge in [-0.15, -0.1) is 0 Å². The van der Waals surface area contributed by atoms with E-state index in [-0.39, 0.29) is 18.4 Å². The van der Waals surface area contributed by atoms with Crippen LogP contribution in [-0.2, 0) is 28.8 Å². The number of nitrogens with two attached hydrogens (primary N) is 2. The highest BCUT2D eigenvalue weighted by molar-refractivity contribution is 5.95. The topological polar surface area (TPSA) is 206 Å². The van der Waals surface area contributed by atoms with Crippen molar-refractivity contribution in [1.29, 1.82) is 0 Å². The number of nitrogens with one attached hydrogen (secondary N) is 4. The molecule has 216 valence electrons. The number of piperidine rings is 1. The van der Waals surface area contributed by atoms with Gasteiger partial charge in [0.1, 0.15) is 12.1 Å². The summed E-state index contributed by atoms with van der Waals surface area (Å²) in [7, 11) is 1.42. The molecule has 1 aliphatic heterocycles. The van der Waals surface area contributed by atoms with Crippen LogP contribution in [0.5, 0.6) is 0 Å². The second-order valence-electron chi connectivity index (χ2n) is 10.1. The summed E-state index contributed by atoms with van der Waals surface area (Å²) in [6.45, 7) is 5.01. The SMILES string of the molecule is CC(=O)NCCCCC[C@H](C)C(=O)N[C@@H](CC(N)=O)C(=O)N[C@@H](CC1CCCNC1)C(=O)N(C)CC(N)=O. The lowest BCUT2D eigenvalue weighted by molar-refractivity contribution is -0.139. The lowest BCUT2D eigenvalue weighted by Gasteiger charge is -2.30. The second-order valence-corrected chi connectivity index (χ2v) is 10.1. The van der Waals surface area contributed by atoms with Gasteiger partial charge in [0, 0.05) is 26.4 Å². The maximum absolute atomic E-state index is 13.2. The van der Waals surface area contributed by atoms with Gasteiger partial charge in [-0.2, -0.15) is 0 Å². The zero-order valence-corrected chi connectivity index (χ0v) is 22.8. The summed E-state index contributed by atoms with van der Waals surface area (Å²) in [4.78, 5) is 74.1. The Kier molecular flexibility index (Phi) is 15.0. The molecule has 0 aromatic rings. The Morgan fingerprint density at radius 1 is 0.974 bits per heavy atom. The number of primary amides is 2. The fourth-order valence-corrected chi connectivity index (χ4v) is 4.40. The van der Waals surface area contributed by atoms with Crippen LogP contribution in [-0.4, -0.2) is 85.7 Å².